The van der Waals surface area contributed by atoms with Gasteiger partial charge >= 0.3 is 5.97 Å². The molecule has 2 amide bonds. The number of carbonyl (C=O) groups is 3. The van der Waals surface area contributed by atoms with E-state index in [0.717, 1.165) is 11.0 Å². The SMILES string of the molecule is Cc1cc(C2NC(C)(C(=O)O)C3C(=O)N(c4cccc([N+](=O)[O-])c4)C(=O)C23)cc(C)c1O. The number of imide groups is 1. The first-order valence-electron chi connectivity index (χ1n) is 9.91. The Balaban J connectivity index is 1.85. The molecule has 0 radical (unpaired) electrons. The zero-order chi connectivity index (χ0) is 23.5. The third-order valence-electron chi connectivity index (χ3n) is 6.40. The first-order valence-corrected chi connectivity index (χ1v) is 9.91. The zero-order valence-corrected chi connectivity index (χ0v) is 17.5. The minimum atomic E-state index is -1.74. The van der Waals surface area contributed by atoms with Gasteiger partial charge in [0, 0.05) is 18.2 Å². The number of phenolic OH excluding ortho intramolecular Hbond substituents is 1. The minimum absolute atomic E-state index is 0.0214. The molecule has 2 aliphatic heterocycles. The van der Waals surface area contributed by atoms with Crippen molar-refractivity contribution in [2.75, 3.05) is 4.90 Å². The number of carbonyl (C=O) groups excluding carboxylic acids is 2. The van der Waals surface area contributed by atoms with Crippen molar-refractivity contribution in [2.45, 2.75) is 32.4 Å². The van der Waals surface area contributed by atoms with Crippen LogP contribution in [0.5, 0.6) is 5.75 Å². The van der Waals surface area contributed by atoms with Crippen molar-refractivity contribution in [1.82, 2.24) is 5.32 Å². The van der Waals surface area contributed by atoms with E-state index in [1.165, 1.54) is 25.1 Å². The molecule has 10 heteroatoms. The number of amides is 2. The third kappa shape index (κ3) is 2.94. The Kier molecular flexibility index (Phi) is 4.78. The minimum Gasteiger partial charge on any atom is -0.507 e. The lowest BCUT2D eigenvalue weighted by Crippen LogP contribution is -2.53. The molecular weight excluding hydrogens is 418 g/mol. The summed E-state index contributed by atoms with van der Waals surface area (Å²) in [6.07, 6.45) is 0. The number of nitrogens with zero attached hydrogens (tertiary/aromatic N) is 2. The molecule has 0 bridgehead atoms. The van der Waals surface area contributed by atoms with Crippen molar-refractivity contribution in [2.24, 2.45) is 11.8 Å². The molecule has 166 valence electrons. The Morgan fingerprint density at radius 1 is 1.16 bits per heavy atom. The van der Waals surface area contributed by atoms with Gasteiger partial charge in [0.05, 0.1) is 22.4 Å². The molecule has 0 spiro atoms. The third-order valence-corrected chi connectivity index (χ3v) is 6.40. The van der Waals surface area contributed by atoms with Gasteiger partial charge in [0.1, 0.15) is 11.3 Å². The van der Waals surface area contributed by atoms with Crippen molar-refractivity contribution in [3.63, 3.8) is 0 Å². The molecule has 2 heterocycles. The zero-order valence-electron chi connectivity index (χ0n) is 17.5. The highest BCUT2D eigenvalue weighted by molar-refractivity contribution is 6.24. The molecule has 2 aromatic rings. The number of nitro groups is 1. The van der Waals surface area contributed by atoms with E-state index in [1.54, 1.807) is 26.0 Å². The summed E-state index contributed by atoms with van der Waals surface area (Å²) in [5.41, 5.74) is -0.338. The number of hydrogen-bond acceptors (Lipinski definition) is 7. The molecule has 32 heavy (non-hydrogen) atoms. The Morgan fingerprint density at radius 2 is 1.78 bits per heavy atom. The number of fused-ring (bicyclic) bond motifs is 1. The van der Waals surface area contributed by atoms with E-state index >= 15 is 0 Å². The van der Waals surface area contributed by atoms with Gasteiger partial charge in [0.2, 0.25) is 11.8 Å². The molecule has 2 aliphatic rings. The average Bonchev–Trinajstić information content (AvgIpc) is 3.20. The number of rotatable bonds is 4. The van der Waals surface area contributed by atoms with Gasteiger partial charge in [-0.1, -0.05) is 18.2 Å². The van der Waals surface area contributed by atoms with Crippen LogP contribution in [0.1, 0.15) is 29.7 Å². The maximum absolute atomic E-state index is 13.5. The Labute approximate surface area is 182 Å². The van der Waals surface area contributed by atoms with Gasteiger partial charge in [-0.15, -0.1) is 0 Å². The normalized spacial score (nSPS) is 27.0. The molecule has 4 rings (SSSR count). The highest BCUT2D eigenvalue weighted by Crippen LogP contribution is 2.50. The summed E-state index contributed by atoms with van der Waals surface area (Å²) in [6.45, 7) is 4.73. The maximum atomic E-state index is 13.5. The first kappa shape index (κ1) is 21.4. The van der Waals surface area contributed by atoms with E-state index < -0.39 is 46.1 Å². The quantitative estimate of drug-likeness (QED) is 0.373. The van der Waals surface area contributed by atoms with Crippen LogP contribution < -0.4 is 10.2 Å². The summed E-state index contributed by atoms with van der Waals surface area (Å²) in [7, 11) is 0. The number of anilines is 1. The van der Waals surface area contributed by atoms with Crippen LogP contribution in [0.25, 0.3) is 0 Å². The van der Waals surface area contributed by atoms with Crippen LogP contribution in [0.3, 0.4) is 0 Å². The van der Waals surface area contributed by atoms with Gasteiger partial charge < -0.3 is 10.2 Å². The maximum Gasteiger partial charge on any atom is 0.324 e. The Bertz CT molecular complexity index is 1170. The molecule has 4 atom stereocenters. The molecule has 3 N–H and O–H groups in total. The fourth-order valence-electron chi connectivity index (χ4n) is 4.79. The van der Waals surface area contributed by atoms with Crippen molar-refractivity contribution in [1.29, 1.82) is 0 Å². The van der Waals surface area contributed by atoms with Gasteiger partial charge in [-0.2, -0.15) is 0 Å². The van der Waals surface area contributed by atoms with E-state index in [0.29, 0.717) is 16.7 Å². The second kappa shape index (κ2) is 7.13. The van der Waals surface area contributed by atoms with Crippen LogP contribution in [0, 0.1) is 35.8 Å². The molecule has 2 saturated heterocycles. The average molecular weight is 439 g/mol. The highest BCUT2D eigenvalue weighted by atomic mass is 16.6. The monoisotopic (exact) mass is 439 g/mol. The van der Waals surface area contributed by atoms with Crippen LogP contribution >= 0.6 is 0 Å². The summed E-state index contributed by atoms with van der Waals surface area (Å²) < 4.78 is 0. The fraction of sp³-hybridized carbons (Fsp3) is 0.318. The van der Waals surface area contributed by atoms with Crippen LogP contribution in [-0.2, 0) is 14.4 Å². The predicted molar refractivity (Wildman–Crippen MR) is 112 cm³/mol. The number of carboxylic acids is 1. The van der Waals surface area contributed by atoms with Crippen molar-refractivity contribution in [3.8, 4) is 5.75 Å². The molecule has 2 fully saturated rings. The van der Waals surface area contributed by atoms with Crippen LogP contribution in [0.4, 0.5) is 11.4 Å². The van der Waals surface area contributed by atoms with E-state index in [1.807, 2.05) is 0 Å². The summed E-state index contributed by atoms with van der Waals surface area (Å²) >= 11 is 0. The van der Waals surface area contributed by atoms with E-state index in [4.69, 9.17) is 0 Å². The number of aromatic hydroxyl groups is 1. The standard InChI is InChI=1S/C22H21N3O7/c1-10-7-12(8-11(2)18(10)26)17-15-16(22(3,23-17)21(29)30)20(28)24(19(15)27)13-5-4-6-14(9-13)25(31)32/h4-9,15-17,23,26H,1-3H3,(H,29,30). The van der Waals surface area contributed by atoms with Gasteiger partial charge in [0.15, 0.2) is 0 Å². The number of nitrogens with one attached hydrogen (secondary N) is 1. The predicted octanol–water partition coefficient (Wildman–Crippen LogP) is 2.21. The van der Waals surface area contributed by atoms with Gasteiger partial charge in [0.25, 0.3) is 5.69 Å². The topological polar surface area (TPSA) is 150 Å². The van der Waals surface area contributed by atoms with Crippen LogP contribution in [0.15, 0.2) is 36.4 Å². The molecule has 0 aliphatic carbocycles. The van der Waals surface area contributed by atoms with Crippen LogP contribution in [-0.4, -0.2) is 38.5 Å². The number of aliphatic carboxylic acids is 1. The van der Waals surface area contributed by atoms with Gasteiger partial charge in [-0.3, -0.25) is 29.8 Å². The highest BCUT2D eigenvalue weighted by Gasteiger charge is 2.67. The largest absolute Gasteiger partial charge is 0.507 e. The summed E-state index contributed by atoms with van der Waals surface area (Å²) in [5.74, 6) is -4.81. The van der Waals surface area contributed by atoms with E-state index in [9.17, 15) is 34.7 Å². The van der Waals surface area contributed by atoms with Gasteiger partial charge in [-0.25, -0.2) is 4.90 Å². The first-order chi connectivity index (χ1) is 15.0. The molecule has 2 aromatic carbocycles. The lowest BCUT2D eigenvalue weighted by Gasteiger charge is -2.27. The van der Waals surface area contributed by atoms with E-state index in [2.05, 4.69) is 5.32 Å². The Hall–Kier alpha value is -3.79. The second-order valence-electron chi connectivity index (χ2n) is 8.43. The smallest absolute Gasteiger partial charge is 0.324 e. The number of phenols is 1. The Morgan fingerprint density at radius 3 is 2.34 bits per heavy atom. The second-order valence-corrected chi connectivity index (χ2v) is 8.43. The number of nitro benzene ring substituents is 1. The lowest BCUT2D eigenvalue weighted by atomic mass is 9.80. The van der Waals surface area contributed by atoms with Crippen molar-refractivity contribution in [3.05, 3.63) is 63.2 Å². The number of hydrogen-bond donors (Lipinski definition) is 3. The van der Waals surface area contributed by atoms with Crippen LogP contribution in [0.2, 0.25) is 0 Å². The van der Waals surface area contributed by atoms with E-state index in [-0.39, 0.29) is 17.1 Å². The van der Waals surface area contributed by atoms with Gasteiger partial charge in [-0.05, 0) is 43.5 Å². The van der Waals surface area contributed by atoms with Crippen molar-refractivity contribution >= 4 is 29.2 Å². The molecule has 4 unspecified atom stereocenters. The summed E-state index contributed by atoms with van der Waals surface area (Å²) in [5, 5.41) is 34.2. The number of aryl methyl sites for hydroxylation is 2. The molecule has 0 aromatic heterocycles. The molecule has 10 nitrogen and oxygen atoms in total. The number of non-ortho nitro benzene ring substituents is 1. The summed E-state index contributed by atoms with van der Waals surface area (Å²) in [6, 6.07) is 7.62. The molecular formula is C22H21N3O7. The number of carboxylic acid groups (broad SMARTS) is 1. The lowest BCUT2D eigenvalue weighted by molar-refractivity contribution is -0.384. The number of benzene rings is 2. The summed E-state index contributed by atoms with van der Waals surface area (Å²) in [4.78, 5) is 50.4. The van der Waals surface area contributed by atoms with Crippen molar-refractivity contribution < 1.29 is 29.5 Å². The molecule has 0 saturated carbocycles. The fourth-order valence-corrected chi connectivity index (χ4v) is 4.79.